The minimum absolute atomic E-state index is 0.245. The molecule has 0 aliphatic rings. The lowest BCUT2D eigenvalue weighted by atomic mass is 10.1. The van der Waals surface area contributed by atoms with Gasteiger partial charge in [0, 0.05) is 23.1 Å². The normalized spacial score (nSPS) is 11.7. The molecule has 0 aliphatic heterocycles. The van der Waals surface area contributed by atoms with Crippen LogP contribution in [0.15, 0.2) is 22.7 Å². The molecule has 0 saturated carbocycles. The summed E-state index contributed by atoms with van der Waals surface area (Å²) in [6.07, 6.45) is 0. The topological polar surface area (TPSA) is 44.1 Å². The maximum absolute atomic E-state index is 13.2. The van der Waals surface area contributed by atoms with E-state index in [0.29, 0.717) is 17.6 Å². The number of hydrogen-bond donors (Lipinski definition) is 0. The van der Waals surface area contributed by atoms with E-state index in [-0.39, 0.29) is 17.4 Å². The van der Waals surface area contributed by atoms with E-state index in [9.17, 15) is 9.18 Å². The maximum Gasteiger partial charge on any atom is 0.254 e. The molecule has 0 heterocycles. The van der Waals surface area contributed by atoms with Crippen molar-refractivity contribution in [1.82, 2.24) is 4.90 Å². The van der Waals surface area contributed by atoms with Gasteiger partial charge in [0.05, 0.1) is 12.0 Å². The van der Waals surface area contributed by atoms with E-state index in [4.69, 9.17) is 5.26 Å². The Kier molecular flexibility index (Phi) is 5.29. The Bertz CT molecular complexity index is 464. The summed E-state index contributed by atoms with van der Waals surface area (Å²) in [7, 11) is 0. The average Bonchev–Trinajstić information content (AvgIpc) is 2.33. The van der Waals surface area contributed by atoms with E-state index in [1.54, 1.807) is 13.0 Å². The van der Waals surface area contributed by atoms with Gasteiger partial charge in [0.1, 0.15) is 5.82 Å². The summed E-state index contributed by atoms with van der Waals surface area (Å²) >= 11 is 3.15. The first-order chi connectivity index (χ1) is 8.47. The molecule has 96 valence electrons. The molecule has 5 heteroatoms. The first-order valence-corrected chi connectivity index (χ1v) is 6.42. The van der Waals surface area contributed by atoms with Crippen LogP contribution in [0.3, 0.4) is 0 Å². The second-order valence-electron chi connectivity index (χ2n) is 4.03. The number of hydrogen-bond acceptors (Lipinski definition) is 2. The summed E-state index contributed by atoms with van der Waals surface area (Å²) in [4.78, 5) is 13.7. The summed E-state index contributed by atoms with van der Waals surface area (Å²) in [5, 5.41) is 8.76. The lowest BCUT2D eigenvalue weighted by Gasteiger charge is -2.22. The summed E-state index contributed by atoms with van der Waals surface area (Å²) < 4.78 is 13.8. The second kappa shape index (κ2) is 6.50. The third-order valence-corrected chi connectivity index (χ3v) is 2.95. The summed E-state index contributed by atoms with van der Waals surface area (Å²) in [6.45, 7) is 4.41. The number of halogens is 2. The van der Waals surface area contributed by atoms with Crippen molar-refractivity contribution >= 4 is 21.8 Å². The first kappa shape index (κ1) is 14.7. The number of carbonyl (C=O) groups is 1. The highest BCUT2D eigenvalue weighted by atomic mass is 79.9. The van der Waals surface area contributed by atoms with Crippen molar-refractivity contribution in [2.75, 3.05) is 13.1 Å². The number of nitriles is 1. The van der Waals surface area contributed by atoms with Crippen LogP contribution in [0.2, 0.25) is 0 Å². The van der Waals surface area contributed by atoms with Crippen LogP contribution in [-0.2, 0) is 0 Å². The Morgan fingerprint density at radius 1 is 1.56 bits per heavy atom. The monoisotopic (exact) mass is 312 g/mol. The van der Waals surface area contributed by atoms with Crippen LogP contribution in [-0.4, -0.2) is 23.9 Å². The molecule has 0 bridgehead atoms. The van der Waals surface area contributed by atoms with Crippen LogP contribution in [0.25, 0.3) is 0 Å². The van der Waals surface area contributed by atoms with Crippen LogP contribution in [0.4, 0.5) is 4.39 Å². The fourth-order valence-corrected chi connectivity index (χ4v) is 2.05. The molecule has 1 amide bonds. The van der Waals surface area contributed by atoms with Crippen molar-refractivity contribution in [3.05, 3.63) is 34.1 Å². The van der Waals surface area contributed by atoms with Crippen molar-refractivity contribution in [3.63, 3.8) is 0 Å². The molecule has 0 spiro atoms. The van der Waals surface area contributed by atoms with Crippen molar-refractivity contribution in [1.29, 1.82) is 5.26 Å². The van der Waals surface area contributed by atoms with Gasteiger partial charge < -0.3 is 4.90 Å². The van der Waals surface area contributed by atoms with Gasteiger partial charge in [-0.25, -0.2) is 4.39 Å². The zero-order valence-electron chi connectivity index (χ0n) is 10.3. The second-order valence-corrected chi connectivity index (χ2v) is 4.95. The molecule has 1 unspecified atom stereocenters. The Morgan fingerprint density at radius 3 is 2.72 bits per heavy atom. The zero-order valence-corrected chi connectivity index (χ0v) is 11.9. The van der Waals surface area contributed by atoms with E-state index in [1.807, 2.05) is 6.92 Å². The molecule has 0 fully saturated rings. The van der Waals surface area contributed by atoms with Crippen LogP contribution in [0, 0.1) is 23.1 Å². The molecule has 1 aromatic rings. The SMILES string of the molecule is CCN(CC(C)C#N)C(=O)c1cc(F)cc(Br)c1. The average molecular weight is 313 g/mol. The number of carbonyl (C=O) groups excluding carboxylic acids is 1. The van der Waals surface area contributed by atoms with Crippen LogP contribution in [0.5, 0.6) is 0 Å². The van der Waals surface area contributed by atoms with E-state index in [1.165, 1.54) is 17.0 Å². The van der Waals surface area contributed by atoms with Crippen LogP contribution in [0.1, 0.15) is 24.2 Å². The third kappa shape index (κ3) is 3.81. The molecule has 0 aromatic heterocycles. The Balaban J connectivity index is 2.93. The van der Waals surface area contributed by atoms with E-state index in [2.05, 4.69) is 22.0 Å². The van der Waals surface area contributed by atoms with Crippen LogP contribution < -0.4 is 0 Å². The number of rotatable bonds is 4. The molecule has 0 saturated heterocycles. The van der Waals surface area contributed by atoms with Gasteiger partial charge in [-0.2, -0.15) is 5.26 Å². The summed E-state index contributed by atoms with van der Waals surface area (Å²) in [5.41, 5.74) is 0.286. The molecular weight excluding hydrogens is 299 g/mol. The minimum atomic E-state index is -0.461. The largest absolute Gasteiger partial charge is 0.338 e. The summed E-state index contributed by atoms with van der Waals surface area (Å²) in [5.74, 6) is -0.970. The highest BCUT2D eigenvalue weighted by Gasteiger charge is 2.17. The number of amides is 1. The Hall–Kier alpha value is -1.41. The molecule has 1 aromatic carbocycles. The van der Waals surface area contributed by atoms with Gasteiger partial charge in [0.25, 0.3) is 5.91 Å². The van der Waals surface area contributed by atoms with Gasteiger partial charge in [-0.1, -0.05) is 15.9 Å². The highest BCUT2D eigenvalue weighted by Crippen LogP contribution is 2.17. The fraction of sp³-hybridized carbons (Fsp3) is 0.385. The van der Waals surface area contributed by atoms with E-state index in [0.717, 1.165) is 0 Å². The predicted molar refractivity (Wildman–Crippen MR) is 70.5 cm³/mol. The van der Waals surface area contributed by atoms with Gasteiger partial charge in [-0.05, 0) is 32.0 Å². The maximum atomic E-state index is 13.2. The Labute approximate surface area is 114 Å². The smallest absolute Gasteiger partial charge is 0.254 e. The predicted octanol–water partition coefficient (Wildman–Crippen LogP) is 3.21. The molecule has 0 aliphatic carbocycles. The van der Waals surface area contributed by atoms with Crippen molar-refractivity contribution < 1.29 is 9.18 Å². The lowest BCUT2D eigenvalue weighted by molar-refractivity contribution is 0.0752. The van der Waals surface area contributed by atoms with Gasteiger partial charge in [-0.3, -0.25) is 4.79 Å². The minimum Gasteiger partial charge on any atom is -0.338 e. The van der Waals surface area contributed by atoms with Crippen LogP contribution >= 0.6 is 15.9 Å². The third-order valence-electron chi connectivity index (χ3n) is 2.49. The van der Waals surface area contributed by atoms with Crippen molar-refractivity contribution in [3.8, 4) is 6.07 Å². The molecule has 1 atom stereocenters. The summed E-state index contributed by atoms with van der Waals surface area (Å²) in [6, 6.07) is 6.15. The Morgan fingerprint density at radius 2 is 2.22 bits per heavy atom. The van der Waals surface area contributed by atoms with Gasteiger partial charge >= 0.3 is 0 Å². The quantitative estimate of drug-likeness (QED) is 0.857. The first-order valence-electron chi connectivity index (χ1n) is 5.63. The van der Waals surface area contributed by atoms with Crippen molar-refractivity contribution in [2.24, 2.45) is 5.92 Å². The number of nitrogens with zero attached hydrogens (tertiary/aromatic N) is 2. The molecule has 0 N–H and O–H groups in total. The standard InChI is InChI=1S/C13H14BrFN2O/c1-3-17(8-9(2)7-16)13(18)10-4-11(14)6-12(15)5-10/h4-6,9H,3,8H2,1-2H3. The molecule has 18 heavy (non-hydrogen) atoms. The lowest BCUT2D eigenvalue weighted by Crippen LogP contribution is -2.34. The van der Waals surface area contributed by atoms with Gasteiger partial charge in [-0.15, -0.1) is 0 Å². The molecule has 3 nitrogen and oxygen atoms in total. The highest BCUT2D eigenvalue weighted by molar-refractivity contribution is 9.10. The van der Waals surface area contributed by atoms with Gasteiger partial charge in [0.2, 0.25) is 0 Å². The van der Waals surface area contributed by atoms with E-state index >= 15 is 0 Å². The molecule has 1 rings (SSSR count). The number of benzene rings is 1. The van der Waals surface area contributed by atoms with Gasteiger partial charge in [0.15, 0.2) is 0 Å². The zero-order chi connectivity index (χ0) is 13.7. The van der Waals surface area contributed by atoms with E-state index < -0.39 is 5.82 Å². The molecule has 0 radical (unpaired) electrons. The van der Waals surface area contributed by atoms with Crippen molar-refractivity contribution in [2.45, 2.75) is 13.8 Å². The fourth-order valence-electron chi connectivity index (χ4n) is 1.59. The molecular formula is C13H14BrFN2O.